The minimum Gasteiger partial charge on any atom is -0.465 e. The molecule has 13 nitrogen and oxygen atoms in total. The summed E-state index contributed by atoms with van der Waals surface area (Å²) in [6, 6.07) is -1.16. The number of hydrogen-bond donors (Lipinski definition) is 3. The van der Waals surface area contributed by atoms with E-state index in [0.29, 0.717) is 0 Å². The Morgan fingerprint density at radius 3 is 2.26 bits per heavy atom. The topological polar surface area (TPSA) is 167 Å². The number of H-pyrrole nitrogens is 1. The van der Waals surface area contributed by atoms with Gasteiger partial charge in [-0.05, 0) is 27.7 Å². The third kappa shape index (κ3) is 7.80. The zero-order valence-electron chi connectivity index (χ0n) is 20.2. The lowest BCUT2D eigenvalue weighted by Crippen LogP contribution is -2.43. The first-order valence-electron chi connectivity index (χ1n) is 11.1. The van der Waals surface area contributed by atoms with Gasteiger partial charge in [0, 0.05) is 24.6 Å². The van der Waals surface area contributed by atoms with E-state index in [9.17, 15) is 23.7 Å². The molecule has 0 bridgehead atoms. The van der Waals surface area contributed by atoms with Crippen molar-refractivity contribution in [2.45, 2.75) is 65.2 Å². The first-order valence-corrected chi connectivity index (χ1v) is 12.8. The van der Waals surface area contributed by atoms with E-state index >= 15 is 4.39 Å². The van der Waals surface area contributed by atoms with Crippen LogP contribution in [0.15, 0.2) is 21.9 Å². The van der Waals surface area contributed by atoms with Gasteiger partial charge in [-0.15, -0.1) is 0 Å². The van der Waals surface area contributed by atoms with Crippen molar-refractivity contribution in [2.75, 3.05) is 19.8 Å². The molecular formula is C20H32FN4O9P. The molecule has 5 atom stereocenters. The van der Waals surface area contributed by atoms with Crippen LogP contribution in [-0.4, -0.2) is 59.2 Å². The summed E-state index contributed by atoms with van der Waals surface area (Å²) < 4.78 is 50.7. The Kier molecular flexibility index (Phi) is 9.93. The third-order valence-electron chi connectivity index (χ3n) is 5.04. The number of carbonyl (C=O) groups is 2. The Morgan fingerprint density at radius 1 is 1.23 bits per heavy atom. The first kappa shape index (κ1) is 28.9. The zero-order chi connectivity index (χ0) is 26.4. The molecule has 198 valence electrons. The predicted molar refractivity (Wildman–Crippen MR) is 121 cm³/mol. The Morgan fingerprint density at radius 2 is 1.77 bits per heavy atom. The van der Waals surface area contributed by atoms with Crippen LogP contribution in [0.5, 0.6) is 0 Å². The standard InChI is InChI=1S/C20H32FN4O9P/c1-6-31-17(27)13(4)23-35(30,24-14(5)18(28)32-7-2)33-11-20(21)10-12(3)16(34-20)25-9-8-15(26)22-19(25)29/h8-9,12-14,16H,6-7,10-11H2,1-5H3,(H,22,26,29)(H2,23,24,30)/t12-,13-,14-,16+,20-/m0/s1. The molecule has 0 radical (unpaired) electrons. The molecule has 1 saturated heterocycles. The Bertz CT molecular complexity index is 1030. The average Bonchev–Trinajstić information content (AvgIpc) is 3.07. The van der Waals surface area contributed by atoms with Crippen molar-refractivity contribution in [3.05, 3.63) is 33.1 Å². The number of alkyl halides is 1. The van der Waals surface area contributed by atoms with E-state index in [1.54, 1.807) is 20.8 Å². The molecule has 1 aliphatic heterocycles. The van der Waals surface area contributed by atoms with E-state index < -0.39 is 67.5 Å². The highest BCUT2D eigenvalue weighted by atomic mass is 31.2. The highest BCUT2D eigenvalue weighted by molar-refractivity contribution is 7.54. The number of hydrogen-bond acceptors (Lipinski definition) is 9. The Labute approximate surface area is 201 Å². The molecule has 0 aromatic carbocycles. The summed E-state index contributed by atoms with van der Waals surface area (Å²) in [4.78, 5) is 49.5. The van der Waals surface area contributed by atoms with E-state index in [1.807, 2.05) is 0 Å². The van der Waals surface area contributed by atoms with Crippen LogP contribution in [0.1, 0.15) is 47.3 Å². The van der Waals surface area contributed by atoms with Gasteiger partial charge in [0.2, 0.25) is 5.85 Å². The van der Waals surface area contributed by atoms with Crippen LogP contribution in [0.4, 0.5) is 4.39 Å². The molecule has 2 rings (SSSR count). The van der Waals surface area contributed by atoms with Gasteiger partial charge in [0.05, 0.1) is 13.2 Å². The minimum absolute atomic E-state index is 0.0769. The van der Waals surface area contributed by atoms with Gasteiger partial charge in [-0.1, -0.05) is 6.92 Å². The Balaban J connectivity index is 2.19. The number of nitrogens with one attached hydrogen (secondary N) is 3. The van der Waals surface area contributed by atoms with Crippen LogP contribution in [0.25, 0.3) is 0 Å². The SMILES string of the molecule is CCOC(=O)[C@H](C)NP(=O)(N[C@@H](C)C(=O)OCC)OC[C@]1(F)C[C@H](C)[C@H](n2ccc(=O)[nH]c2=O)O1. The number of halogens is 1. The second kappa shape index (κ2) is 12.0. The van der Waals surface area contributed by atoms with Gasteiger partial charge in [0.25, 0.3) is 5.56 Å². The van der Waals surface area contributed by atoms with Crippen molar-refractivity contribution in [1.82, 2.24) is 19.7 Å². The molecule has 15 heteroatoms. The fourth-order valence-corrected chi connectivity index (χ4v) is 5.29. The van der Waals surface area contributed by atoms with Gasteiger partial charge in [-0.3, -0.25) is 28.5 Å². The molecular weight excluding hydrogens is 490 g/mol. The molecule has 0 spiro atoms. The number of nitrogens with zero attached hydrogens (tertiary/aromatic N) is 1. The fourth-order valence-electron chi connectivity index (χ4n) is 3.46. The van der Waals surface area contributed by atoms with Gasteiger partial charge in [-0.25, -0.2) is 19.4 Å². The Hall–Kier alpha value is -2.38. The van der Waals surface area contributed by atoms with E-state index in [2.05, 4.69) is 15.2 Å². The van der Waals surface area contributed by atoms with Crippen molar-refractivity contribution in [3.63, 3.8) is 0 Å². The van der Waals surface area contributed by atoms with E-state index in [0.717, 1.165) is 10.6 Å². The van der Waals surface area contributed by atoms with Crippen LogP contribution < -0.4 is 21.4 Å². The van der Waals surface area contributed by atoms with Crippen molar-refractivity contribution in [2.24, 2.45) is 5.92 Å². The lowest BCUT2D eigenvalue weighted by atomic mass is 10.1. The number of aromatic nitrogens is 2. The van der Waals surface area contributed by atoms with Crippen molar-refractivity contribution < 1.29 is 37.3 Å². The van der Waals surface area contributed by atoms with E-state index in [-0.39, 0.29) is 19.6 Å². The maximum Gasteiger partial charge on any atom is 0.342 e. The van der Waals surface area contributed by atoms with Crippen molar-refractivity contribution in [1.29, 1.82) is 0 Å². The second-order valence-corrected chi connectivity index (χ2v) is 10.00. The predicted octanol–water partition coefficient (Wildman–Crippen LogP) is 0.965. The summed E-state index contributed by atoms with van der Waals surface area (Å²) in [6.45, 7) is 6.83. The van der Waals surface area contributed by atoms with Gasteiger partial charge < -0.3 is 18.7 Å². The monoisotopic (exact) mass is 522 g/mol. The van der Waals surface area contributed by atoms with Crippen LogP contribution in [0.3, 0.4) is 0 Å². The molecule has 0 aliphatic carbocycles. The van der Waals surface area contributed by atoms with E-state index in [1.165, 1.54) is 20.0 Å². The van der Waals surface area contributed by atoms with Crippen LogP contribution >= 0.6 is 7.67 Å². The smallest absolute Gasteiger partial charge is 0.342 e. The molecule has 3 N–H and O–H groups in total. The zero-order valence-corrected chi connectivity index (χ0v) is 21.1. The summed E-state index contributed by atoms with van der Waals surface area (Å²) in [5, 5.41) is 4.88. The largest absolute Gasteiger partial charge is 0.465 e. The average molecular weight is 522 g/mol. The molecule has 35 heavy (non-hydrogen) atoms. The van der Waals surface area contributed by atoms with Gasteiger partial charge in [0.1, 0.15) is 24.9 Å². The van der Waals surface area contributed by atoms with Gasteiger partial charge >= 0.3 is 25.3 Å². The summed E-state index contributed by atoms with van der Waals surface area (Å²) >= 11 is 0. The molecule has 1 aromatic heterocycles. The van der Waals surface area contributed by atoms with Crippen molar-refractivity contribution >= 4 is 19.6 Å². The molecule has 1 aliphatic rings. The molecule has 0 unspecified atom stereocenters. The number of aromatic amines is 1. The number of rotatable bonds is 12. The van der Waals surface area contributed by atoms with Gasteiger partial charge in [0.15, 0.2) is 0 Å². The molecule has 0 amide bonds. The lowest BCUT2D eigenvalue weighted by Gasteiger charge is -2.28. The molecule has 1 fully saturated rings. The number of ether oxygens (including phenoxy) is 3. The summed E-state index contributed by atoms with van der Waals surface area (Å²) in [5.74, 6) is -4.47. The van der Waals surface area contributed by atoms with Crippen LogP contribution in [0, 0.1) is 5.92 Å². The van der Waals surface area contributed by atoms with Crippen LogP contribution in [0.2, 0.25) is 0 Å². The first-order chi connectivity index (χ1) is 16.3. The number of carbonyl (C=O) groups excluding carboxylic acids is 2. The highest BCUT2D eigenvalue weighted by Crippen LogP contribution is 2.46. The van der Waals surface area contributed by atoms with E-state index in [4.69, 9.17) is 18.7 Å². The fraction of sp³-hybridized carbons (Fsp3) is 0.700. The summed E-state index contributed by atoms with van der Waals surface area (Å²) in [5.41, 5.74) is -1.39. The highest BCUT2D eigenvalue weighted by Gasteiger charge is 2.48. The number of esters is 2. The maximum absolute atomic E-state index is 15.6. The molecule has 0 saturated carbocycles. The summed E-state index contributed by atoms with van der Waals surface area (Å²) in [7, 11) is -4.25. The minimum atomic E-state index is -4.25. The third-order valence-corrected chi connectivity index (χ3v) is 6.99. The maximum atomic E-state index is 15.6. The molecule has 1 aromatic rings. The molecule has 2 heterocycles. The normalized spacial score (nSPS) is 24.1. The quantitative estimate of drug-likeness (QED) is 0.264. The second-order valence-electron chi connectivity index (χ2n) is 8.12. The van der Waals surface area contributed by atoms with Gasteiger partial charge in [-0.2, -0.15) is 0 Å². The van der Waals surface area contributed by atoms with Crippen molar-refractivity contribution in [3.8, 4) is 0 Å². The van der Waals surface area contributed by atoms with Crippen LogP contribution in [-0.2, 0) is 32.9 Å². The lowest BCUT2D eigenvalue weighted by molar-refractivity contribution is -0.174. The summed E-state index contributed by atoms with van der Waals surface area (Å²) in [6.07, 6.45) is -0.111.